The Morgan fingerprint density at radius 1 is 1.38 bits per heavy atom. The number of rotatable bonds is 5. The molecule has 1 fully saturated rings. The van der Waals surface area contributed by atoms with Gasteiger partial charge >= 0.3 is 0 Å². The molecule has 1 aromatic heterocycles. The van der Waals surface area contributed by atoms with Crippen molar-refractivity contribution in [3.05, 3.63) is 24.3 Å². The van der Waals surface area contributed by atoms with Crippen LogP contribution in [0, 0.1) is 0 Å². The molecule has 1 atom stereocenters. The molecule has 0 spiro atoms. The van der Waals surface area contributed by atoms with Crippen molar-refractivity contribution in [2.45, 2.75) is 19.0 Å². The van der Waals surface area contributed by atoms with Gasteiger partial charge in [0.1, 0.15) is 0 Å². The Morgan fingerprint density at radius 2 is 2.14 bits per heavy atom. The third kappa shape index (κ3) is 4.47. The SMILES string of the molecule is CN(Cc1cnccn1)C(=O)CN(C)[C@H]1CCS(=O)(=O)C1. The first-order chi connectivity index (χ1) is 9.87. The van der Waals surface area contributed by atoms with Gasteiger partial charge in [-0.25, -0.2) is 8.42 Å². The van der Waals surface area contributed by atoms with Crippen molar-refractivity contribution in [3.8, 4) is 0 Å². The summed E-state index contributed by atoms with van der Waals surface area (Å²) in [7, 11) is 0.566. The molecule has 0 aromatic carbocycles. The number of carbonyl (C=O) groups is 1. The highest BCUT2D eigenvalue weighted by atomic mass is 32.2. The lowest BCUT2D eigenvalue weighted by Gasteiger charge is -2.25. The summed E-state index contributed by atoms with van der Waals surface area (Å²) in [6.45, 7) is 0.598. The number of hydrogen-bond donors (Lipinski definition) is 0. The summed E-state index contributed by atoms with van der Waals surface area (Å²) >= 11 is 0. The number of hydrogen-bond acceptors (Lipinski definition) is 6. The molecule has 1 amide bonds. The molecule has 0 radical (unpaired) electrons. The van der Waals surface area contributed by atoms with E-state index in [4.69, 9.17) is 0 Å². The minimum absolute atomic E-state index is 0.0625. The van der Waals surface area contributed by atoms with E-state index in [0.717, 1.165) is 5.69 Å². The maximum absolute atomic E-state index is 12.2. The van der Waals surface area contributed by atoms with Gasteiger partial charge in [0.2, 0.25) is 5.91 Å². The van der Waals surface area contributed by atoms with Crippen molar-refractivity contribution in [2.24, 2.45) is 0 Å². The van der Waals surface area contributed by atoms with E-state index in [1.807, 2.05) is 4.90 Å². The number of likely N-dealkylation sites (N-methyl/N-ethyl adjacent to an activating group) is 2. The molecule has 1 aromatic rings. The Hall–Kier alpha value is -1.54. The molecule has 1 aliphatic rings. The van der Waals surface area contributed by atoms with Gasteiger partial charge in [0.25, 0.3) is 0 Å². The van der Waals surface area contributed by atoms with Gasteiger partial charge in [-0.1, -0.05) is 0 Å². The summed E-state index contributed by atoms with van der Waals surface area (Å²) < 4.78 is 22.9. The van der Waals surface area contributed by atoms with Crippen LogP contribution in [0.5, 0.6) is 0 Å². The average Bonchev–Trinajstić information content (AvgIpc) is 2.80. The van der Waals surface area contributed by atoms with Crippen LogP contribution in [0.2, 0.25) is 0 Å². The lowest BCUT2D eigenvalue weighted by Crippen LogP contribution is -2.41. The molecular weight excluding hydrogens is 292 g/mol. The lowest BCUT2D eigenvalue weighted by atomic mass is 10.2. The Balaban J connectivity index is 1.86. The highest BCUT2D eigenvalue weighted by Gasteiger charge is 2.31. The Morgan fingerprint density at radius 3 is 2.71 bits per heavy atom. The van der Waals surface area contributed by atoms with Crippen molar-refractivity contribution < 1.29 is 13.2 Å². The molecule has 116 valence electrons. The van der Waals surface area contributed by atoms with Gasteiger partial charge in [-0.2, -0.15) is 0 Å². The van der Waals surface area contributed by atoms with E-state index in [-0.39, 0.29) is 30.0 Å². The van der Waals surface area contributed by atoms with E-state index in [1.165, 1.54) is 0 Å². The second-order valence-corrected chi connectivity index (χ2v) is 7.65. The molecule has 2 rings (SSSR count). The Bertz CT molecular complexity index is 591. The molecule has 0 saturated carbocycles. The number of sulfone groups is 1. The fourth-order valence-electron chi connectivity index (χ4n) is 2.33. The van der Waals surface area contributed by atoms with Crippen LogP contribution in [-0.2, 0) is 21.2 Å². The molecule has 0 bridgehead atoms. The summed E-state index contributed by atoms with van der Waals surface area (Å²) in [6, 6.07) is -0.0659. The normalized spacial score (nSPS) is 20.6. The molecule has 7 nitrogen and oxygen atoms in total. The van der Waals surface area contributed by atoms with Crippen molar-refractivity contribution >= 4 is 15.7 Å². The quantitative estimate of drug-likeness (QED) is 0.732. The predicted octanol–water partition coefficient (Wildman–Crippen LogP) is -0.446. The highest BCUT2D eigenvalue weighted by Crippen LogP contribution is 2.16. The van der Waals surface area contributed by atoms with Crippen LogP contribution < -0.4 is 0 Å². The summed E-state index contributed by atoms with van der Waals surface area (Å²) in [4.78, 5) is 23.6. The topological polar surface area (TPSA) is 83.5 Å². The minimum Gasteiger partial charge on any atom is -0.339 e. The molecule has 1 saturated heterocycles. The van der Waals surface area contributed by atoms with Crippen LogP contribution in [-0.4, -0.2) is 72.3 Å². The van der Waals surface area contributed by atoms with Crippen molar-refractivity contribution in [2.75, 3.05) is 32.1 Å². The van der Waals surface area contributed by atoms with Crippen LogP contribution in [0.1, 0.15) is 12.1 Å². The largest absolute Gasteiger partial charge is 0.339 e. The smallest absolute Gasteiger partial charge is 0.236 e. The maximum atomic E-state index is 12.2. The van der Waals surface area contributed by atoms with E-state index in [9.17, 15) is 13.2 Å². The standard InChI is InChI=1S/C13H20N4O3S/c1-16(12-3-6-21(19,20)10-12)9-13(18)17(2)8-11-7-14-4-5-15-11/h4-5,7,12H,3,6,8-10H2,1-2H3/t12-/m0/s1. The zero-order valence-electron chi connectivity index (χ0n) is 12.3. The molecule has 0 aliphatic carbocycles. The van der Waals surface area contributed by atoms with Crippen molar-refractivity contribution in [1.82, 2.24) is 19.8 Å². The minimum atomic E-state index is -2.93. The monoisotopic (exact) mass is 312 g/mol. The fraction of sp³-hybridized carbons (Fsp3) is 0.615. The van der Waals surface area contributed by atoms with Gasteiger partial charge < -0.3 is 4.90 Å². The predicted molar refractivity (Wildman–Crippen MR) is 78.2 cm³/mol. The van der Waals surface area contributed by atoms with Gasteiger partial charge in [-0.05, 0) is 13.5 Å². The van der Waals surface area contributed by atoms with E-state index in [0.29, 0.717) is 13.0 Å². The molecule has 2 heterocycles. The lowest BCUT2D eigenvalue weighted by molar-refractivity contribution is -0.131. The number of aromatic nitrogens is 2. The number of nitrogens with zero attached hydrogens (tertiary/aromatic N) is 4. The highest BCUT2D eigenvalue weighted by molar-refractivity contribution is 7.91. The van der Waals surface area contributed by atoms with E-state index in [1.54, 1.807) is 37.6 Å². The van der Waals surface area contributed by atoms with E-state index >= 15 is 0 Å². The van der Waals surface area contributed by atoms with Gasteiger partial charge in [-0.3, -0.25) is 19.7 Å². The molecule has 8 heteroatoms. The summed E-state index contributed by atoms with van der Waals surface area (Å²) in [6.07, 6.45) is 5.39. The van der Waals surface area contributed by atoms with Crippen LogP contribution in [0.15, 0.2) is 18.6 Å². The van der Waals surface area contributed by atoms with Gasteiger partial charge in [0, 0.05) is 25.5 Å². The van der Waals surface area contributed by atoms with Crippen LogP contribution in [0.3, 0.4) is 0 Å². The average molecular weight is 312 g/mol. The van der Waals surface area contributed by atoms with Crippen LogP contribution in [0.25, 0.3) is 0 Å². The van der Waals surface area contributed by atoms with E-state index < -0.39 is 9.84 Å². The zero-order valence-corrected chi connectivity index (χ0v) is 13.1. The first kappa shape index (κ1) is 15.8. The first-order valence-corrected chi connectivity index (χ1v) is 8.59. The number of amides is 1. The Labute approximate surface area is 124 Å². The molecular formula is C13H20N4O3S. The molecule has 0 N–H and O–H groups in total. The second-order valence-electron chi connectivity index (χ2n) is 5.42. The van der Waals surface area contributed by atoms with Crippen LogP contribution >= 0.6 is 0 Å². The fourth-order valence-corrected chi connectivity index (χ4v) is 4.13. The number of carbonyl (C=O) groups excluding carboxylic acids is 1. The second kappa shape index (κ2) is 6.48. The first-order valence-electron chi connectivity index (χ1n) is 6.77. The maximum Gasteiger partial charge on any atom is 0.236 e. The summed E-state index contributed by atoms with van der Waals surface area (Å²) in [5.41, 5.74) is 0.722. The van der Waals surface area contributed by atoms with Crippen molar-refractivity contribution in [3.63, 3.8) is 0 Å². The molecule has 21 heavy (non-hydrogen) atoms. The Kier molecular flexibility index (Phi) is 4.89. The summed E-state index contributed by atoms with van der Waals surface area (Å²) in [5.74, 6) is 0.295. The van der Waals surface area contributed by atoms with Gasteiger partial charge in [-0.15, -0.1) is 0 Å². The van der Waals surface area contributed by atoms with E-state index in [2.05, 4.69) is 9.97 Å². The van der Waals surface area contributed by atoms with Gasteiger partial charge in [0.05, 0.1) is 36.5 Å². The van der Waals surface area contributed by atoms with Crippen molar-refractivity contribution in [1.29, 1.82) is 0 Å². The zero-order chi connectivity index (χ0) is 15.5. The molecule has 0 unspecified atom stereocenters. The molecule has 1 aliphatic heterocycles. The van der Waals surface area contributed by atoms with Gasteiger partial charge in [0.15, 0.2) is 9.84 Å². The third-order valence-corrected chi connectivity index (χ3v) is 5.41. The summed E-state index contributed by atoms with van der Waals surface area (Å²) in [5, 5.41) is 0. The van der Waals surface area contributed by atoms with Crippen LogP contribution in [0.4, 0.5) is 0 Å². The third-order valence-electron chi connectivity index (χ3n) is 3.66.